The standard InChI is InChI=1S/2C22H21N2O.C21H19N2O.3C13H12N.3Ir/c1-13(2)10-16-11-20(23-12-14(16)3)19-7-5-6-17-18-9-8-15(4)24-22(18)25-21(17)19;1-13(2)10-16-12-23-20(11-14(16)3)19-7-5-6-17-18-9-8-15(4)24-22(18)25-21(17)19;1-12(2)18-11-22-19(10-13(18)3)17-7-5-6-15-16-9-8-14(4)23-21(16)24-20(15)17;3*1-10-8-13(14-9-11(10)2)12-6-4-3-5-7-12;;;/h2*5-6,8-9,11-13H,10H2,1-4H3;5-6,8-12H,1-4H3;3*3-6,8-9H,1-2H3;;;/q6*-1;;;/i2*3D3,10D2;1D3,3D3,4D3,12D;3*2D3;;;. The number of hydrogen-bond acceptors (Lipinski definition) is 12. The number of furan rings is 3. The number of benzene rings is 6. The van der Waals surface area contributed by atoms with Gasteiger partial charge in [-0.2, -0.15) is 0 Å². The van der Waals surface area contributed by atoms with Crippen molar-refractivity contribution in [3.05, 3.63) is 339 Å². The fourth-order valence-electron chi connectivity index (χ4n) is 12.3. The molecule has 1 atom stereocenters. The quantitative estimate of drug-likeness (QED) is 0.113. The van der Waals surface area contributed by atoms with Gasteiger partial charge in [-0.1, -0.05) is 144 Å². The molecule has 0 spiro atoms. The van der Waals surface area contributed by atoms with Crippen LogP contribution >= 0.6 is 0 Å². The minimum Gasteiger partial charge on any atom is -0.486 e. The Labute approximate surface area is 781 Å². The van der Waals surface area contributed by atoms with Crippen LogP contribution < -0.4 is 0 Å². The van der Waals surface area contributed by atoms with Gasteiger partial charge in [-0.3, -0.25) is 0 Å². The number of nitrogens with zero attached hydrogens (tertiary/aromatic N) is 9. The predicted octanol–water partition coefficient (Wildman–Crippen LogP) is 26.4. The summed E-state index contributed by atoms with van der Waals surface area (Å²) in [5, 5.41) is 4.57. The molecule has 609 valence electrons. The van der Waals surface area contributed by atoms with E-state index < -0.39 is 85.3 Å². The summed E-state index contributed by atoms with van der Waals surface area (Å²) in [5.41, 5.74) is 13.7. The third kappa shape index (κ3) is 21.9. The average molecular weight is 2130 g/mol. The van der Waals surface area contributed by atoms with Crippen molar-refractivity contribution in [1.29, 1.82) is 0 Å². The Hall–Kier alpha value is -11.0. The van der Waals surface area contributed by atoms with E-state index in [4.69, 9.17) is 53.0 Å². The third-order valence-electron chi connectivity index (χ3n) is 18.2. The molecule has 0 aliphatic rings. The van der Waals surface area contributed by atoms with Crippen LogP contribution in [0.15, 0.2) is 232 Å². The van der Waals surface area contributed by atoms with Crippen LogP contribution in [0.2, 0.25) is 0 Å². The fraction of sp³-hybridized carbons (Fsp3) is 0.221. The molecule has 1 unspecified atom stereocenters. The Kier molecular flexibility index (Phi) is 20.1. The summed E-state index contributed by atoms with van der Waals surface area (Å²) in [6.07, 6.45) is 4.28. The minimum atomic E-state index is -2.78. The van der Waals surface area contributed by atoms with Crippen molar-refractivity contribution in [3.63, 3.8) is 0 Å². The van der Waals surface area contributed by atoms with Gasteiger partial charge in [0, 0.05) is 170 Å². The van der Waals surface area contributed by atoms with Gasteiger partial charge in [-0.05, 0) is 217 Å². The van der Waals surface area contributed by atoms with Crippen LogP contribution in [0.5, 0.6) is 0 Å². The maximum atomic E-state index is 8.52. The summed E-state index contributed by atoms with van der Waals surface area (Å²) in [6.45, 7) is -2.03. The summed E-state index contributed by atoms with van der Waals surface area (Å²) in [7, 11) is 0. The molecular formula is C104H97Ir3N9O3-6. The van der Waals surface area contributed by atoms with Crippen molar-refractivity contribution in [3.8, 4) is 67.5 Å². The molecule has 119 heavy (non-hydrogen) atoms. The van der Waals surface area contributed by atoms with Gasteiger partial charge in [0.15, 0.2) is 0 Å². The molecule has 6 aromatic carbocycles. The molecular weight excluding hydrogens is 2000 g/mol. The Morgan fingerprint density at radius 1 is 0.328 bits per heavy atom. The number of fused-ring (bicyclic) bond motifs is 9. The minimum absolute atomic E-state index is 0. The summed E-state index contributed by atoms with van der Waals surface area (Å²) >= 11 is 0. The van der Waals surface area contributed by atoms with E-state index in [1.165, 1.54) is 55.2 Å². The molecule has 18 rings (SSSR count). The molecule has 0 saturated heterocycles. The zero-order chi connectivity index (χ0) is 106. The Morgan fingerprint density at radius 2 is 0.681 bits per heavy atom. The molecule has 15 heteroatoms. The van der Waals surface area contributed by atoms with E-state index in [0.29, 0.717) is 78.1 Å². The second kappa shape index (κ2) is 41.1. The van der Waals surface area contributed by atoms with Crippen molar-refractivity contribution in [2.24, 2.45) is 11.8 Å². The van der Waals surface area contributed by atoms with E-state index in [-0.39, 0.29) is 116 Å². The van der Waals surface area contributed by atoms with Crippen LogP contribution in [0.25, 0.3) is 134 Å². The van der Waals surface area contributed by atoms with Crippen LogP contribution in [-0.4, -0.2) is 44.9 Å². The zero-order valence-corrected chi connectivity index (χ0v) is 73.4. The normalized spacial score (nSPS) is 16.1. The second-order valence-corrected chi connectivity index (χ2v) is 27.8. The van der Waals surface area contributed by atoms with E-state index >= 15 is 0 Å². The van der Waals surface area contributed by atoms with Gasteiger partial charge in [0.05, 0.1) is 16.7 Å². The number of hydrogen-bond donors (Lipinski definition) is 0. The van der Waals surface area contributed by atoms with Crippen molar-refractivity contribution in [2.45, 2.75) is 143 Å². The predicted molar refractivity (Wildman–Crippen MR) is 474 cm³/mol. The number of aryl methyl sites for hydroxylation is 12. The van der Waals surface area contributed by atoms with Crippen molar-refractivity contribution in [1.82, 2.24) is 44.9 Å². The van der Waals surface area contributed by atoms with Crippen molar-refractivity contribution < 1.29 is 113 Å². The first kappa shape index (κ1) is 58.0. The number of rotatable bonds is 11. The fourth-order valence-corrected chi connectivity index (χ4v) is 12.3. The van der Waals surface area contributed by atoms with E-state index in [9.17, 15) is 0 Å². The Balaban J connectivity index is 0.000000185. The maximum absolute atomic E-state index is 8.52. The first-order valence-electron chi connectivity index (χ1n) is 51.5. The summed E-state index contributed by atoms with van der Waals surface area (Å²) < 4.78 is 243. The molecule has 0 saturated carbocycles. The zero-order valence-electron chi connectivity index (χ0n) is 95.2. The van der Waals surface area contributed by atoms with Crippen molar-refractivity contribution in [2.75, 3.05) is 0 Å². The molecule has 0 amide bonds. The van der Waals surface area contributed by atoms with E-state index in [0.717, 1.165) is 96.5 Å². The van der Waals surface area contributed by atoms with Gasteiger partial charge in [0.2, 0.25) is 17.1 Å². The molecule has 0 aliphatic heterocycles. The topological polar surface area (TPSA) is 155 Å². The maximum Gasteiger partial charge on any atom is 0.216 e. The van der Waals surface area contributed by atoms with Gasteiger partial charge in [0.25, 0.3) is 0 Å². The molecule has 12 heterocycles. The molecule has 3 radical (unpaired) electrons. The van der Waals surface area contributed by atoms with Crippen LogP contribution in [0.4, 0.5) is 0 Å². The van der Waals surface area contributed by atoms with Crippen LogP contribution in [-0.2, 0) is 73.1 Å². The molecule has 12 nitrogen and oxygen atoms in total. The summed E-state index contributed by atoms with van der Waals surface area (Å²) in [5.74, 6) is -3.04. The first-order chi connectivity index (χ1) is 67.5. The van der Waals surface area contributed by atoms with Gasteiger partial charge < -0.3 is 43.2 Å². The van der Waals surface area contributed by atoms with E-state index in [1.807, 2.05) is 123 Å². The smallest absolute Gasteiger partial charge is 0.216 e. The van der Waals surface area contributed by atoms with Gasteiger partial charge >= 0.3 is 0 Å². The molecule has 12 aromatic heterocycles. The molecule has 0 fully saturated rings. The monoisotopic (exact) mass is 2130 g/mol. The van der Waals surface area contributed by atoms with Crippen LogP contribution in [0.3, 0.4) is 0 Å². The van der Waals surface area contributed by atoms with Crippen molar-refractivity contribution >= 4 is 66.2 Å². The van der Waals surface area contributed by atoms with Gasteiger partial charge in [-0.15, -0.1) is 162 Å². The molecule has 18 aromatic rings. The number of aromatic nitrogens is 9. The molecule has 0 bridgehead atoms. The Bertz CT molecular complexity index is 7520. The largest absolute Gasteiger partial charge is 0.486 e. The summed E-state index contributed by atoms with van der Waals surface area (Å²) in [4.78, 5) is 38.5. The van der Waals surface area contributed by atoms with Crippen LogP contribution in [0.1, 0.15) is 171 Å². The Morgan fingerprint density at radius 3 is 1.06 bits per heavy atom. The van der Waals surface area contributed by atoms with Crippen LogP contribution in [0, 0.1) is 131 Å². The molecule has 0 aliphatic carbocycles. The van der Waals surface area contributed by atoms with Gasteiger partial charge in [0.1, 0.15) is 0 Å². The number of pyridine rings is 9. The second-order valence-electron chi connectivity index (χ2n) is 27.8. The van der Waals surface area contributed by atoms with Gasteiger partial charge in [-0.25, -0.2) is 15.0 Å². The average Bonchev–Trinajstić information content (AvgIpc) is 1.41. The SMILES string of the molecule is [2H]C([2H])([2H])c1cc(-c2[c-]ccc3c2oc2nc(C)ccc23)ncc1C([2H])([2H])C(C)C.[2H]C([2H])([2H])c1ccc2c(n1)oc1c(-c3cc(C([2H])([2H])[2H])c(C([2H])(C)C([2H])([2H])[2H])cn3)[c-]ccc12.[2H]C([2H])([2H])c1cnc(-c2[c-]ccc3c2oc2nc(C)ccc23)cc1C([2H])([2H])C(C)C.[2H]C([2H])([2H])c1cnc(-c2[c-]cccc2)cc1C.[2H]C([2H])([2H])c1cnc(-c2[c-]cccc2)cc1C.[2H]C([2H])([2H])c1cnc(-c2[c-]cccc2)cc1C.[Ir].[Ir].[Ir]. The third-order valence-corrected chi connectivity index (χ3v) is 18.2. The van der Waals surface area contributed by atoms with E-state index in [2.05, 4.69) is 81.3 Å². The summed E-state index contributed by atoms with van der Waals surface area (Å²) in [6, 6.07) is 71.6. The first-order valence-corrected chi connectivity index (χ1v) is 37.0. The van der Waals surface area contributed by atoms with E-state index in [1.54, 1.807) is 97.0 Å². The molecule has 0 N–H and O–H groups in total.